The van der Waals surface area contributed by atoms with Crippen LogP contribution in [0, 0.1) is 17.2 Å². The second-order valence-corrected chi connectivity index (χ2v) is 9.26. The van der Waals surface area contributed by atoms with E-state index < -0.39 is 33.4 Å². The number of nitrogens with zero attached hydrogens (tertiary/aromatic N) is 5. The highest BCUT2D eigenvalue weighted by atomic mass is 32.2. The van der Waals surface area contributed by atoms with E-state index in [4.69, 9.17) is 0 Å². The third-order valence-electron chi connectivity index (χ3n) is 5.39. The SMILES string of the molecule is CC[N+]1=C2C=CC(S(=O)(=O)NC3(C#N)CC3)=CC2C(=O)N(Cc2cnn(C)c2)C1=O. The van der Waals surface area contributed by atoms with Gasteiger partial charge in [0.25, 0.3) is 0 Å². The van der Waals surface area contributed by atoms with Crippen molar-refractivity contribution in [2.45, 2.75) is 31.8 Å². The molecule has 1 N–H and O–H groups in total. The van der Waals surface area contributed by atoms with Gasteiger partial charge in [-0.3, -0.25) is 4.68 Å². The Morgan fingerprint density at radius 2 is 2.10 bits per heavy atom. The molecule has 3 amide bonds. The number of hydrogen-bond donors (Lipinski definition) is 1. The van der Waals surface area contributed by atoms with Crippen molar-refractivity contribution in [3.05, 3.63) is 41.1 Å². The van der Waals surface area contributed by atoms with E-state index in [-0.39, 0.29) is 11.4 Å². The number of nitriles is 1. The fourth-order valence-electron chi connectivity index (χ4n) is 3.61. The van der Waals surface area contributed by atoms with Crippen molar-refractivity contribution in [3.63, 3.8) is 0 Å². The Hall–Kier alpha value is -3.10. The third kappa shape index (κ3) is 3.38. The summed E-state index contributed by atoms with van der Waals surface area (Å²) in [5.74, 6) is -1.41. The van der Waals surface area contributed by atoms with E-state index in [9.17, 15) is 23.3 Å². The molecule has 0 bridgehead atoms. The fourth-order valence-corrected chi connectivity index (χ4v) is 5.05. The number of amides is 3. The molecule has 1 unspecified atom stereocenters. The highest BCUT2D eigenvalue weighted by Crippen LogP contribution is 2.36. The highest BCUT2D eigenvalue weighted by molar-refractivity contribution is 7.93. The molecule has 1 atom stereocenters. The van der Waals surface area contributed by atoms with Gasteiger partial charge in [-0.25, -0.2) is 13.2 Å². The van der Waals surface area contributed by atoms with Crippen LogP contribution in [0.4, 0.5) is 4.79 Å². The molecule has 2 heterocycles. The van der Waals surface area contributed by atoms with Gasteiger partial charge < -0.3 is 0 Å². The molecule has 1 aromatic heterocycles. The van der Waals surface area contributed by atoms with Crippen molar-refractivity contribution < 1.29 is 22.6 Å². The van der Waals surface area contributed by atoms with Gasteiger partial charge in [0.15, 0.2) is 0 Å². The van der Waals surface area contributed by atoms with Crippen molar-refractivity contribution in [2.24, 2.45) is 13.0 Å². The second kappa shape index (κ2) is 7.00. The number of imide groups is 1. The summed E-state index contributed by atoms with van der Waals surface area (Å²) in [4.78, 5) is 27.1. The number of sulfonamides is 1. The van der Waals surface area contributed by atoms with E-state index in [0.29, 0.717) is 30.7 Å². The summed E-state index contributed by atoms with van der Waals surface area (Å²) in [7, 11) is -2.24. The van der Waals surface area contributed by atoms with E-state index in [0.717, 1.165) is 4.90 Å². The number of carbonyl (C=O) groups excluding carboxylic acids is 2. The molecule has 11 heteroatoms. The number of rotatable bonds is 6. The van der Waals surface area contributed by atoms with Crippen molar-refractivity contribution in [2.75, 3.05) is 6.54 Å². The zero-order valence-electron chi connectivity index (χ0n) is 16.6. The van der Waals surface area contributed by atoms with Gasteiger partial charge in [-0.1, -0.05) is 0 Å². The maximum absolute atomic E-state index is 13.2. The van der Waals surface area contributed by atoms with Gasteiger partial charge in [-0.05, 0) is 38.0 Å². The maximum atomic E-state index is 13.2. The van der Waals surface area contributed by atoms with Crippen LogP contribution in [-0.4, -0.2) is 57.4 Å². The van der Waals surface area contributed by atoms with Gasteiger partial charge in [0.2, 0.25) is 10.0 Å². The molecule has 1 aliphatic heterocycles. The first-order chi connectivity index (χ1) is 14.2. The van der Waals surface area contributed by atoms with Crippen LogP contribution in [0.15, 0.2) is 35.5 Å². The molecule has 0 saturated heterocycles. The molecule has 0 radical (unpaired) electrons. The summed E-state index contributed by atoms with van der Waals surface area (Å²) in [6, 6.07) is 1.53. The van der Waals surface area contributed by atoms with Gasteiger partial charge in [0, 0.05) is 18.8 Å². The average molecular weight is 429 g/mol. The van der Waals surface area contributed by atoms with Crippen molar-refractivity contribution in [3.8, 4) is 6.07 Å². The minimum absolute atomic E-state index is 0.0429. The Labute approximate surface area is 173 Å². The number of allylic oxidation sites excluding steroid dienone is 2. The quantitative estimate of drug-likeness (QED) is 0.652. The molecule has 2 aliphatic carbocycles. The lowest BCUT2D eigenvalue weighted by molar-refractivity contribution is -0.436. The van der Waals surface area contributed by atoms with Crippen LogP contribution < -0.4 is 4.72 Å². The van der Waals surface area contributed by atoms with Crippen LogP contribution in [0.3, 0.4) is 0 Å². The lowest BCUT2D eigenvalue weighted by Gasteiger charge is -2.27. The van der Waals surface area contributed by atoms with Crippen LogP contribution in [0.1, 0.15) is 25.3 Å². The number of hydrogen-bond acceptors (Lipinski definition) is 6. The summed E-state index contributed by atoms with van der Waals surface area (Å²) in [6.45, 7) is 2.16. The normalized spacial score (nSPS) is 22.6. The number of aryl methyl sites for hydroxylation is 1. The summed E-state index contributed by atoms with van der Waals surface area (Å²) in [6.07, 6.45) is 8.40. The highest BCUT2D eigenvalue weighted by Gasteiger charge is 2.50. The van der Waals surface area contributed by atoms with Crippen LogP contribution >= 0.6 is 0 Å². The Bertz CT molecular complexity index is 1180. The topological polar surface area (TPSA) is 128 Å². The largest absolute Gasteiger partial charge is 0.501 e. The van der Waals surface area contributed by atoms with Crippen LogP contribution in [0.25, 0.3) is 0 Å². The molecule has 1 fully saturated rings. The molecule has 4 rings (SSSR count). The predicted octanol–water partition coefficient (Wildman–Crippen LogP) is 0.401. The molecule has 3 aliphatic rings. The first-order valence-corrected chi connectivity index (χ1v) is 11.0. The standard InChI is InChI=1S/C19H21N6O4S/c1-3-24-16-5-4-14(30(28,29)22-19(12-20)6-7-19)8-15(16)17(26)25(18(24)27)11-13-9-21-23(2)10-13/h4-5,8-10,15,22H,3,6-7,11H2,1-2H3/q+1. The fraction of sp³-hybridized carbons (Fsp3) is 0.421. The molecule has 1 aromatic rings. The lowest BCUT2D eigenvalue weighted by atomic mass is 9.94. The number of nitrogens with one attached hydrogen (secondary N) is 1. The van der Waals surface area contributed by atoms with E-state index in [1.165, 1.54) is 22.8 Å². The second-order valence-electron chi connectivity index (χ2n) is 7.58. The zero-order valence-corrected chi connectivity index (χ0v) is 17.4. The van der Waals surface area contributed by atoms with Crippen LogP contribution in [0.2, 0.25) is 0 Å². The molecule has 156 valence electrons. The first kappa shape index (κ1) is 20.2. The van der Waals surface area contributed by atoms with Gasteiger partial charge in [-0.2, -0.15) is 29.4 Å². The number of aromatic nitrogens is 2. The maximum Gasteiger partial charge on any atom is 0.501 e. The lowest BCUT2D eigenvalue weighted by Crippen LogP contribution is -2.54. The summed E-state index contributed by atoms with van der Waals surface area (Å²) in [5.41, 5.74) is 0.0646. The van der Waals surface area contributed by atoms with E-state index in [2.05, 4.69) is 9.82 Å². The summed E-state index contributed by atoms with van der Waals surface area (Å²) >= 11 is 0. The number of fused-ring (bicyclic) bond motifs is 1. The van der Waals surface area contributed by atoms with Crippen LogP contribution in [0.5, 0.6) is 0 Å². The number of carbonyl (C=O) groups is 2. The predicted molar refractivity (Wildman–Crippen MR) is 105 cm³/mol. The molecular formula is C19H21N6O4S+. The minimum Gasteiger partial charge on any atom is -0.275 e. The first-order valence-electron chi connectivity index (χ1n) is 9.52. The molecule has 30 heavy (non-hydrogen) atoms. The van der Waals surface area contributed by atoms with E-state index in [1.807, 2.05) is 6.07 Å². The van der Waals surface area contributed by atoms with Gasteiger partial charge in [0.1, 0.15) is 23.7 Å². The van der Waals surface area contributed by atoms with Crippen molar-refractivity contribution in [1.82, 2.24) is 19.4 Å². The molecular weight excluding hydrogens is 408 g/mol. The van der Waals surface area contributed by atoms with Crippen molar-refractivity contribution >= 4 is 27.7 Å². The van der Waals surface area contributed by atoms with E-state index in [1.54, 1.807) is 31.0 Å². The Kier molecular flexibility index (Phi) is 4.71. The average Bonchev–Trinajstić information content (AvgIpc) is 3.36. The van der Waals surface area contributed by atoms with Crippen molar-refractivity contribution in [1.29, 1.82) is 5.26 Å². The Morgan fingerprint density at radius 1 is 1.37 bits per heavy atom. The third-order valence-corrected chi connectivity index (χ3v) is 6.95. The summed E-state index contributed by atoms with van der Waals surface area (Å²) < 4.78 is 31.0. The molecule has 10 nitrogen and oxygen atoms in total. The number of urea groups is 1. The van der Waals surface area contributed by atoms with Gasteiger partial charge >= 0.3 is 11.9 Å². The Balaban J connectivity index is 1.69. The molecule has 1 saturated carbocycles. The Morgan fingerprint density at radius 3 is 2.67 bits per heavy atom. The van der Waals surface area contributed by atoms with Crippen LogP contribution in [-0.2, 0) is 28.4 Å². The molecule has 0 aromatic carbocycles. The summed E-state index contributed by atoms with van der Waals surface area (Å²) in [5, 5.41) is 13.2. The van der Waals surface area contributed by atoms with Gasteiger partial charge in [-0.15, -0.1) is 0 Å². The molecule has 0 spiro atoms. The van der Waals surface area contributed by atoms with Gasteiger partial charge in [0.05, 0.1) is 23.7 Å². The monoisotopic (exact) mass is 429 g/mol. The zero-order chi connectivity index (χ0) is 21.7. The minimum atomic E-state index is -3.97. The van der Waals surface area contributed by atoms with E-state index >= 15 is 0 Å². The smallest absolute Gasteiger partial charge is 0.275 e.